The lowest BCUT2D eigenvalue weighted by atomic mass is 9.74. The summed E-state index contributed by atoms with van der Waals surface area (Å²) in [4.78, 5) is 16.1. The molecule has 0 bridgehead atoms. The molecule has 1 aliphatic rings. The van der Waals surface area contributed by atoms with E-state index in [0.717, 1.165) is 18.5 Å². The first-order valence-corrected chi connectivity index (χ1v) is 6.11. The largest absolute Gasteiger partial charge is 0.417 e. The van der Waals surface area contributed by atoms with Crippen molar-refractivity contribution in [2.45, 2.75) is 25.9 Å². The van der Waals surface area contributed by atoms with Gasteiger partial charge in [0, 0.05) is 23.4 Å². The lowest BCUT2D eigenvalue weighted by molar-refractivity contribution is -0.138. The average Bonchev–Trinajstić information content (AvgIpc) is 2.38. The van der Waals surface area contributed by atoms with E-state index >= 15 is 0 Å². The lowest BCUT2D eigenvalue weighted by Crippen LogP contribution is -2.40. The molecule has 2 rings (SSSR count). The normalized spacial score (nSPS) is 19.2. The van der Waals surface area contributed by atoms with E-state index in [9.17, 15) is 18.0 Å². The van der Waals surface area contributed by atoms with Crippen LogP contribution in [0.25, 0.3) is 0 Å². The van der Waals surface area contributed by atoms with Crippen molar-refractivity contribution in [2.75, 3.05) is 13.1 Å². The summed E-state index contributed by atoms with van der Waals surface area (Å²) in [5.41, 5.74) is -1.96. The second-order valence-electron chi connectivity index (χ2n) is 5.06. The molecule has 3 nitrogen and oxygen atoms in total. The zero-order valence-corrected chi connectivity index (χ0v) is 10.5. The van der Waals surface area contributed by atoms with E-state index in [4.69, 9.17) is 0 Å². The molecule has 2 heterocycles. The molecule has 0 atom stereocenters. The minimum absolute atomic E-state index is 0.320. The number of hydrogen-bond acceptors (Lipinski definition) is 3. The van der Waals surface area contributed by atoms with Gasteiger partial charge in [-0.15, -0.1) is 0 Å². The number of nitrogens with one attached hydrogen (secondary N) is 1. The van der Waals surface area contributed by atoms with Crippen LogP contribution in [0, 0.1) is 5.41 Å². The van der Waals surface area contributed by atoms with Gasteiger partial charge in [0.05, 0.1) is 5.56 Å². The number of pyridine rings is 1. The summed E-state index contributed by atoms with van der Waals surface area (Å²) in [5, 5.41) is 3.10. The van der Waals surface area contributed by atoms with Crippen molar-refractivity contribution >= 4 is 5.78 Å². The molecule has 0 aliphatic carbocycles. The van der Waals surface area contributed by atoms with Gasteiger partial charge in [0.15, 0.2) is 5.78 Å². The number of alkyl halides is 3. The Hall–Kier alpha value is -1.43. The zero-order chi connectivity index (χ0) is 14.1. The molecule has 1 saturated heterocycles. The van der Waals surface area contributed by atoms with E-state index in [1.165, 1.54) is 0 Å². The monoisotopic (exact) mass is 272 g/mol. The van der Waals surface area contributed by atoms with Gasteiger partial charge in [-0.25, -0.2) is 0 Å². The van der Waals surface area contributed by atoms with Crippen LogP contribution in [-0.4, -0.2) is 23.9 Å². The van der Waals surface area contributed by atoms with Crippen LogP contribution in [0.15, 0.2) is 18.5 Å². The fourth-order valence-electron chi connectivity index (χ4n) is 2.35. The van der Waals surface area contributed by atoms with E-state index in [2.05, 4.69) is 10.3 Å². The smallest absolute Gasteiger partial charge is 0.317 e. The maximum atomic E-state index is 12.9. The Balaban J connectivity index is 2.39. The Morgan fingerprint density at radius 1 is 1.37 bits per heavy atom. The number of rotatable bonds is 2. The molecular weight excluding hydrogens is 257 g/mol. The van der Waals surface area contributed by atoms with Crippen LogP contribution in [0.2, 0.25) is 0 Å². The molecule has 0 aromatic carbocycles. The van der Waals surface area contributed by atoms with E-state index in [1.54, 1.807) is 6.92 Å². The molecule has 6 heteroatoms. The molecule has 0 saturated carbocycles. The van der Waals surface area contributed by atoms with Crippen molar-refractivity contribution in [3.63, 3.8) is 0 Å². The minimum Gasteiger partial charge on any atom is -0.317 e. The van der Waals surface area contributed by atoms with Crippen molar-refractivity contribution in [1.29, 1.82) is 0 Å². The Morgan fingerprint density at radius 3 is 2.58 bits per heavy atom. The maximum Gasteiger partial charge on any atom is 0.417 e. The zero-order valence-electron chi connectivity index (χ0n) is 10.5. The number of aromatic nitrogens is 1. The highest BCUT2D eigenvalue weighted by Gasteiger charge is 2.41. The Labute approximate surface area is 109 Å². The van der Waals surface area contributed by atoms with Gasteiger partial charge < -0.3 is 5.32 Å². The van der Waals surface area contributed by atoms with Gasteiger partial charge in [0.1, 0.15) is 0 Å². The van der Waals surface area contributed by atoms with Crippen LogP contribution in [0.4, 0.5) is 13.2 Å². The lowest BCUT2D eigenvalue weighted by Gasteiger charge is -2.33. The van der Waals surface area contributed by atoms with Crippen molar-refractivity contribution in [3.05, 3.63) is 29.6 Å². The number of piperidine rings is 1. The maximum absolute atomic E-state index is 12.9. The molecule has 1 aromatic rings. The number of ketones is 1. The molecule has 0 spiro atoms. The predicted molar refractivity (Wildman–Crippen MR) is 63.8 cm³/mol. The molecule has 1 fully saturated rings. The Bertz CT molecular complexity index is 479. The summed E-state index contributed by atoms with van der Waals surface area (Å²) in [7, 11) is 0. The van der Waals surface area contributed by atoms with Crippen LogP contribution < -0.4 is 5.32 Å². The minimum atomic E-state index is -4.53. The van der Waals surface area contributed by atoms with Gasteiger partial charge in [0.2, 0.25) is 0 Å². The Kier molecular flexibility index (Phi) is 3.62. The summed E-state index contributed by atoms with van der Waals surface area (Å²) in [5.74, 6) is -0.463. The first-order chi connectivity index (χ1) is 8.84. The van der Waals surface area contributed by atoms with Crippen LogP contribution in [0.1, 0.15) is 35.7 Å². The van der Waals surface area contributed by atoms with Gasteiger partial charge in [-0.1, -0.05) is 6.92 Å². The summed E-state index contributed by atoms with van der Waals surface area (Å²) in [6.45, 7) is 3.01. The highest BCUT2D eigenvalue weighted by Crippen LogP contribution is 2.37. The fraction of sp³-hybridized carbons (Fsp3) is 0.538. The van der Waals surface area contributed by atoms with Crippen molar-refractivity contribution in [3.8, 4) is 0 Å². The Morgan fingerprint density at radius 2 is 2.00 bits per heavy atom. The number of hydrogen-bond donors (Lipinski definition) is 1. The van der Waals surface area contributed by atoms with Crippen molar-refractivity contribution in [1.82, 2.24) is 10.3 Å². The third-order valence-corrected chi connectivity index (χ3v) is 3.63. The number of nitrogens with zero attached hydrogens (tertiary/aromatic N) is 1. The van der Waals surface area contributed by atoms with Crippen LogP contribution >= 0.6 is 0 Å². The van der Waals surface area contributed by atoms with E-state index in [-0.39, 0.29) is 5.56 Å². The second kappa shape index (κ2) is 4.92. The summed E-state index contributed by atoms with van der Waals surface area (Å²) in [6, 6.07) is 0.859. The average molecular weight is 272 g/mol. The highest BCUT2D eigenvalue weighted by atomic mass is 19.4. The highest BCUT2D eigenvalue weighted by molar-refractivity contribution is 6.01. The first kappa shape index (κ1) is 14.0. The first-order valence-electron chi connectivity index (χ1n) is 6.11. The van der Waals surface area contributed by atoms with Crippen LogP contribution in [-0.2, 0) is 6.18 Å². The number of Topliss-reactive ketones (excluding diaryl/α,β-unsaturated/α-hetero) is 1. The molecule has 104 valence electrons. The third kappa shape index (κ3) is 2.78. The molecule has 1 aliphatic heterocycles. The molecular formula is C13H15F3N2O. The standard InChI is InChI=1S/C13H15F3N2O/c1-12(3-6-17-7-4-12)11(19)9-8-18-5-2-10(9)13(14,15)16/h2,5,8,17H,3-4,6-7H2,1H3. The summed E-state index contributed by atoms with van der Waals surface area (Å²) in [6.07, 6.45) is -1.37. The van der Waals surface area contributed by atoms with Crippen LogP contribution in [0.5, 0.6) is 0 Å². The second-order valence-corrected chi connectivity index (χ2v) is 5.06. The summed E-state index contributed by atoms with van der Waals surface area (Å²) >= 11 is 0. The molecule has 19 heavy (non-hydrogen) atoms. The van der Waals surface area contributed by atoms with Gasteiger partial charge in [-0.05, 0) is 32.0 Å². The van der Waals surface area contributed by atoms with Crippen molar-refractivity contribution < 1.29 is 18.0 Å². The molecule has 0 radical (unpaired) electrons. The molecule has 1 aromatic heterocycles. The molecule has 1 N–H and O–H groups in total. The van der Waals surface area contributed by atoms with Gasteiger partial charge in [0.25, 0.3) is 0 Å². The SMILES string of the molecule is CC1(C(=O)c2cnccc2C(F)(F)F)CCNCC1. The quantitative estimate of drug-likeness (QED) is 0.842. The number of halogens is 3. The molecule has 0 amide bonds. The van der Waals surface area contributed by atoms with Gasteiger partial charge >= 0.3 is 6.18 Å². The number of carbonyl (C=O) groups excluding carboxylic acids is 1. The van der Waals surface area contributed by atoms with E-state index < -0.39 is 22.9 Å². The topological polar surface area (TPSA) is 42.0 Å². The van der Waals surface area contributed by atoms with Crippen molar-refractivity contribution in [2.24, 2.45) is 5.41 Å². The summed E-state index contributed by atoms with van der Waals surface area (Å²) < 4.78 is 38.7. The van der Waals surface area contributed by atoms with Gasteiger partial charge in [-0.2, -0.15) is 13.2 Å². The van der Waals surface area contributed by atoms with E-state index in [1.807, 2.05) is 0 Å². The van der Waals surface area contributed by atoms with Gasteiger partial charge in [-0.3, -0.25) is 9.78 Å². The molecule has 0 unspecified atom stereocenters. The van der Waals surface area contributed by atoms with Crippen LogP contribution in [0.3, 0.4) is 0 Å². The number of carbonyl (C=O) groups is 1. The fourth-order valence-corrected chi connectivity index (χ4v) is 2.35. The predicted octanol–water partition coefficient (Wildman–Crippen LogP) is 2.67. The van der Waals surface area contributed by atoms with E-state index in [0.29, 0.717) is 25.9 Å². The third-order valence-electron chi connectivity index (χ3n) is 3.63.